The Morgan fingerprint density at radius 1 is 1.38 bits per heavy atom. The van der Waals surface area contributed by atoms with Crippen LogP contribution in [0, 0.1) is 0 Å². The molecule has 2 nitrogen and oxygen atoms in total. The zero-order valence-corrected chi connectivity index (χ0v) is 7.85. The molecule has 0 aromatic carbocycles. The molecule has 0 aliphatic carbocycles. The number of rotatable bonds is 1. The smallest absolute Gasteiger partial charge is 0.437 e. The molecule has 0 aliphatic rings. The Bertz CT molecular complexity index is 313. The van der Waals surface area contributed by atoms with Gasteiger partial charge in [-0.25, -0.2) is 4.98 Å². The van der Waals surface area contributed by atoms with E-state index in [1.807, 2.05) is 0 Å². The standard InChI is InChI=1S/C7H5BrF3NO/c8-3-4-1-2-5(13)6(12-4)7(9,10)11/h1-2,13H,3H2. The van der Waals surface area contributed by atoms with Crippen LogP contribution in [-0.2, 0) is 11.5 Å². The van der Waals surface area contributed by atoms with Gasteiger partial charge in [0.1, 0.15) is 5.75 Å². The van der Waals surface area contributed by atoms with E-state index < -0.39 is 17.6 Å². The number of aromatic nitrogens is 1. The third-order valence-electron chi connectivity index (χ3n) is 1.34. The van der Waals surface area contributed by atoms with Gasteiger partial charge in [0.15, 0.2) is 5.69 Å². The van der Waals surface area contributed by atoms with Crippen LogP contribution in [0.15, 0.2) is 12.1 Å². The molecule has 0 amide bonds. The molecule has 0 aliphatic heterocycles. The monoisotopic (exact) mass is 255 g/mol. The second kappa shape index (κ2) is 3.53. The summed E-state index contributed by atoms with van der Waals surface area (Å²) in [6.45, 7) is 0. The lowest BCUT2D eigenvalue weighted by Gasteiger charge is -2.08. The van der Waals surface area contributed by atoms with E-state index in [1.54, 1.807) is 0 Å². The Morgan fingerprint density at radius 2 is 2.00 bits per heavy atom. The minimum atomic E-state index is -4.61. The van der Waals surface area contributed by atoms with Gasteiger partial charge in [-0.05, 0) is 12.1 Å². The van der Waals surface area contributed by atoms with E-state index in [4.69, 9.17) is 5.11 Å². The van der Waals surface area contributed by atoms with Crippen LogP contribution < -0.4 is 0 Å². The van der Waals surface area contributed by atoms with Crippen molar-refractivity contribution >= 4 is 15.9 Å². The molecule has 0 unspecified atom stereocenters. The van der Waals surface area contributed by atoms with Crippen molar-refractivity contribution in [3.05, 3.63) is 23.5 Å². The van der Waals surface area contributed by atoms with Crippen molar-refractivity contribution in [2.75, 3.05) is 0 Å². The minimum absolute atomic E-state index is 0.219. The maximum absolute atomic E-state index is 12.1. The van der Waals surface area contributed by atoms with Crippen LogP contribution in [0.3, 0.4) is 0 Å². The molecule has 0 spiro atoms. The summed E-state index contributed by atoms with van der Waals surface area (Å²) in [6.07, 6.45) is -4.61. The second-order valence-corrected chi connectivity index (χ2v) is 2.86. The summed E-state index contributed by atoms with van der Waals surface area (Å²) in [5.74, 6) is -0.850. The lowest BCUT2D eigenvalue weighted by molar-refractivity contribution is -0.142. The van der Waals surface area contributed by atoms with Crippen LogP contribution in [0.5, 0.6) is 5.75 Å². The van der Waals surface area contributed by atoms with Crippen LogP contribution in [0.4, 0.5) is 13.2 Å². The Hall–Kier alpha value is -0.780. The van der Waals surface area contributed by atoms with Crippen LogP contribution >= 0.6 is 15.9 Å². The number of nitrogens with zero attached hydrogens (tertiary/aromatic N) is 1. The average molecular weight is 256 g/mol. The number of pyridine rings is 1. The first-order valence-corrected chi connectivity index (χ1v) is 4.39. The van der Waals surface area contributed by atoms with Crippen molar-refractivity contribution in [3.8, 4) is 5.75 Å². The van der Waals surface area contributed by atoms with Crippen molar-refractivity contribution in [3.63, 3.8) is 0 Å². The largest absolute Gasteiger partial charge is 0.506 e. The van der Waals surface area contributed by atoms with Gasteiger partial charge in [0.25, 0.3) is 0 Å². The van der Waals surface area contributed by atoms with E-state index in [0.29, 0.717) is 0 Å². The lowest BCUT2D eigenvalue weighted by Crippen LogP contribution is -2.09. The Morgan fingerprint density at radius 3 is 2.46 bits per heavy atom. The van der Waals surface area contributed by atoms with E-state index in [9.17, 15) is 13.2 Å². The maximum Gasteiger partial charge on any atom is 0.437 e. The highest BCUT2D eigenvalue weighted by Crippen LogP contribution is 2.33. The zero-order chi connectivity index (χ0) is 10.1. The summed E-state index contributed by atoms with van der Waals surface area (Å²) in [7, 11) is 0. The zero-order valence-electron chi connectivity index (χ0n) is 6.27. The number of hydrogen-bond acceptors (Lipinski definition) is 2. The van der Waals surface area contributed by atoms with Gasteiger partial charge in [0, 0.05) is 5.33 Å². The fraction of sp³-hybridized carbons (Fsp3) is 0.286. The summed E-state index contributed by atoms with van der Waals surface area (Å²) in [5, 5.41) is 9.09. The van der Waals surface area contributed by atoms with Gasteiger partial charge in [-0.2, -0.15) is 13.2 Å². The van der Waals surface area contributed by atoms with Crippen LogP contribution in [0.25, 0.3) is 0 Å². The summed E-state index contributed by atoms with van der Waals surface area (Å²) < 4.78 is 36.4. The van der Waals surface area contributed by atoms with Gasteiger partial charge in [-0.15, -0.1) is 0 Å². The molecule has 1 aromatic rings. The van der Waals surface area contributed by atoms with Crippen molar-refractivity contribution < 1.29 is 18.3 Å². The van der Waals surface area contributed by atoms with Gasteiger partial charge in [0.2, 0.25) is 0 Å². The number of halogens is 4. The van der Waals surface area contributed by atoms with Crippen LogP contribution in [0.1, 0.15) is 11.4 Å². The van der Waals surface area contributed by atoms with Gasteiger partial charge in [-0.1, -0.05) is 15.9 Å². The van der Waals surface area contributed by atoms with E-state index >= 15 is 0 Å². The third-order valence-corrected chi connectivity index (χ3v) is 1.91. The topological polar surface area (TPSA) is 33.1 Å². The SMILES string of the molecule is Oc1ccc(CBr)nc1C(F)(F)F. The quantitative estimate of drug-likeness (QED) is 0.783. The Labute approximate surface area is 80.5 Å². The number of alkyl halides is 4. The van der Waals surface area contributed by atoms with Gasteiger partial charge >= 0.3 is 6.18 Å². The van der Waals surface area contributed by atoms with E-state index in [1.165, 1.54) is 6.07 Å². The van der Waals surface area contributed by atoms with Gasteiger partial charge in [0.05, 0.1) is 5.69 Å². The molecule has 1 rings (SSSR count). The first-order chi connectivity index (χ1) is 5.95. The molecule has 6 heteroatoms. The van der Waals surface area contributed by atoms with Gasteiger partial charge < -0.3 is 5.11 Å². The molecule has 1 N–H and O–H groups in total. The molecule has 13 heavy (non-hydrogen) atoms. The van der Waals surface area contributed by atoms with E-state index in [-0.39, 0.29) is 11.0 Å². The highest BCUT2D eigenvalue weighted by atomic mass is 79.9. The number of aromatic hydroxyl groups is 1. The molecule has 0 saturated carbocycles. The molecule has 1 aromatic heterocycles. The first kappa shape index (κ1) is 10.3. The Balaban J connectivity index is 3.19. The molecule has 0 saturated heterocycles. The van der Waals surface area contributed by atoms with Crippen molar-refractivity contribution in [2.24, 2.45) is 0 Å². The highest BCUT2D eigenvalue weighted by molar-refractivity contribution is 9.08. The molecular formula is C7H5BrF3NO. The first-order valence-electron chi connectivity index (χ1n) is 3.27. The Kier molecular flexibility index (Phi) is 2.80. The molecular weight excluding hydrogens is 251 g/mol. The molecule has 0 atom stereocenters. The van der Waals surface area contributed by atoms with E-state index in [2.05, 4.69) is 20.9 Å². The molecule has 0 bridgehead atoms. The van der Waals surface area contributed by atoms with Gasteiger partial charge in [-0.3, -0.25) is 0 Å². The third kappa shape index (κ3) is 2.33. The lowest BCUT2D eigenvalue weighted by atomic mass is 10.3. The van der Waals surface area contributed by atoms with Crippen molar-refractivity contribution in [1.82, 2.24) is 4.98 Å². The summed E-state index contributed by atoms with van der Waals surface area (Å²) in [4.78, 5) is 3.24. The normalized spacial score (nSPS) is 11.7. The van der Waals surface area contributed by atoms with Crippen molar-refractivity contribution in [2.45, 2.75) is 11.5 Å². The number of hydrogen-bond donors (Lipinski definition) is 1. The predicted molar refractivity (Wildman–Crippen MR) is 43.5 cm³/mol. The minimum Gasteiger partial charge on any atom is -0.506 e. The highest BCUT2D eigenvalue weighted by Gasteiger charge is 2.35. The summed E-state index contributed by atoms with van der Waals surface area (Å²) in [5.41, 5.74) is -1.02. The second-order valence-electron chi connectivity index (χ2n) is 2.30. The van der Waals surface area contributed by atoms with Crippen LogP contribution in [0.2, 0.25) is 0 Å². The predicted octanol–water partition coefficient (Wildman–Crippen LogP) is 2.70. The molecule has 0 radical (unpaired) electrons. The van der Waals surface area contributed by atoms with E-state index in [0.717, 1.165) is 6.07 Å². The molecule has 72 valence electrons. The summed E-state index contributed by atoms with van der Waals surface area (Å²) in [6, 6.07) is 2.30. The van der Waals surface area contributed by atoms with Crippen LogP contribution in [-0.4, -0.2) is 10.1 Å². The maximum atomic E-state index is 12.1. The van der Waals surface area contributed by atoms with Crippen molar-refractivity contribution in [1.29, 1.82) is 0 Å². The fourth-order valence-electron chi connectivity index (χ4n) is 0.775. The average Bonchev–Trinajstić information content (AvgIpc) is 2.03. The summed E-state index contributed by atoms with van der Waals surface area (Å²) >= 11 is 2.97. The molecule has 0 fully saturated rings. The molecule has 1 heterocycles. The fourth-order valence-corrected chi connectivity index (χ4v) is 1.09.